The molecule has 0 aliphatic carbocycles. The maximum atomic E-state index is 12.3. The van der Waals surface area contributed by atoms with Crippen molar-refractivity contribution in [2.75, 3.05) is 33.9 Å². The summed E-state index contributed by atoms with van der Waals surface area (Å²) >= 11 is 3.41. The Morgan fingerprint density at radius 2 is 2.29 bits per heavy atom. The normalized spacial score (nSPS) is 18.8. The number of carbonyl (C=O) groups is 1. The number of Topliss-reactive ketones (excluding diaryl/α,β-unsaturated/α-hetero) is 1. The van der Waals surface area contributed by atoms with Crippen LogP contribution in [0.3, 0.4) is 0 Å². The molecule has 1 heterocycles. The minimum atomic E-state index is 0.108. The van der Waals surface area contributed by atoms with E-state index in [1.807, 2.05) is 24.1 Å². The summed E-state index contributed by atoms with van der Waals surface area (Å²) in [4.78, 5) is 14.3. The minimum Gasteiger partial charge on any atom is -0.496 e. The van der Waals surface area contributed by atoms with Crippen LogP contribution in [-0.4, -0.2) is 50.6 Å². The summed E-state index contributed by atoms with van der Waals surface area (Å²) in [5.74, 6) is 0.840. The first-order chi connectivity index (χ1) is 10.1. The molecule has 0 spiro atoms. The van der Waals surface area contributed by atoms with Gasteiger partial charge in [0.05, 0.1) is 24.2 Å². The molecule has 1 saturated heterocycles. The molecule has 1 unspecified atom stereocenters. The van der Waals surface area contributed by atoms with Gasteiger partial charge in [-0.15, -0.1) is 0 Å². The Morgan fingerprint density at radius 1 is 1.48 bits per heavy atom. The number of benzene rings is 1. The average Bonchev–Trinajstić information content (AvgIpc) is 2.48. The van der Waals surface area contributed by atoms with Crippen LogP contribution < -0.4 is 4.74 Å². The highest BCUT2D eigenvalue weighted by Crippen LogP contribution is 2.25. The van der Waals surface area contributed by atoms with E-state index in [9.17, 15) is 4.79 Å². The quantitative estimate of drug-likeness (QED) is 0.734. The van der Waals surface area contributed by atoms with Crippen molar-refractivity contribution in [2.45, 2.75) is 25.4 Å². The molecule has 2 rings (SSSR count). The van der Waals surface area contributed by atoms with E-state index in [-0.39, 0.29) is 11.9 Å². The van der Waals surface area contributed by atoms with Gasteiger partial charge in [-0.25, -0.2) is 0 Å². The van der Waals surface area contributed by atoms with Crippen LogP contribution in [0.15, 0.2) is 22.7 Å². The number of hydrogen-bond acceptors (Lipinski definition) is 4. The Morgan fingerprint density at radius 3 is 2.90 bits per heavy atom. The van der Waals surface area contributed by atoms with Gasteiger partial charge in [0.25, 0.3) is 0 Å². The predicted molar refractivity (Wildman–Crippen MR) is 86.1 cm³/mol. The topological polar surface area (TPSA) is 38.8 Å². The van der Waals surface area contributed by atoms with E-state index < -0.39 is 0 Å². The van der Waals surface area contributed by atoms with E-state index >= 15 is 0 Å². The maximum absolute atomic E-state index is 12.3. The summed E-state index contributed by atoms with van der Waals surface area (Å²) in [6.45, 7) is 2.06. The molecule has 4 nitrogen and oxygen atoms in total. The molecule has 1 aromatic carbocycles. The van der Waals surface area contributed by atoms with Crippen molar-refractivity contribution < 1.29 is 14.3 Å². The number of halogens is 1. The van der Waals surface area contributed by atoms with Gasteiger partial charge in [-0.05, 0) is 60.4 Å². The van der Waals surface area contributed by atoms with E-state index in [2.05, 4.69) is 15.9 Å². The summed E-state index contributed by atoms with van der Waals surface area (Å²) in [6.07, 6.45) is 3.72. The van der Waals surface area contributed by atoms with Crippen LogP contribution in [0, 0.1) is 0 Å². The van der Waals surface area contributed by atoms with Crippen molar-refractivity contribution in [1.29, 1.82) is 0 Å². The van der Waals surface area contributed by atoms with Crippen molar-refractivity contribution in [3.8, 4) is 5.75 Å². The van der Waals surface area contributed by atoms with Gasteiger partial charge in [-0.3, -0.25) is 9.69 Å². The first-order valence-corrected chi connectivity index (χ1v) is 8.06. The molecule has 1 atom stereocenters. The van der Waals surface area contributed by atoms with Crippen molar-refractivity contribution in [1.82, 2.24) is 4.90 Å². The summed E-state index contributed by atoms with van der Waals surface area (Å²) in [5, 5.41) is 0. The third-order valence-corrected chi connectivity index (χ3v) is 4.30. The zero-order valence-electron chi connectivity index (χ0n) is 12.6. The Hall–Kier alpha value is -0.910. The number of ether oxygens (including phenoxy) is 2. The second-order valence-corrected chi connectivity index (χ2v) is 6.31. The molecule has 0 N–H and O–H groups in total. The van der Waals surface area contributed by atoms with Gasteiger partial charge in [-0.2, -0.15) is 0 Å². The zero-order valence-corrected chi connectivity index (χ0v) is 14.2. The standard InChI is InChI=1S/C16H22BrNO3/c1-18(10-13-5-3-4-8-21-13)11-15(19)12-6-7-16(20-2)14(17)9-12/h6-7,9,13H,3-5,8,10-11H2,1-2H3. The third-order valence-electron chi connectivity index (χ3n) is 3.68. The van der Waals surface area contributed by atoms with E-state index in [1.54, 1.807) is 13.2 Å². The highest BCUT2D eigenvalue weighted by molar-refractivity contribution is 9.10. The molecule has 0 aromatic heterocycles. The molecule has 1 fully saturated rings. The Labute approximate surface area is 134 Å². The lowest BCUT2D eigenvalue weighted by Crippen LogP contribution is -2.36. The lowest BCUT2D eigenvalue weighted by molar-refractivity contribution is -0.000669. The highest BCUT2D eigenvalue weighted by atomic mass is 79.9. The first kappa shape index (κ1) is 16.5. The van der Waals surface area contributed by atoms with Crippen LogP contribution in [-0.2, 0) is 4.74 Å². The Kier molecular flexibility index (Phi) is 6.21. The Balaban J connectivity index is 1.89. The van der Waals surface area contributed by atoms with Crippen molar-refractivity contribution >= 4 is 21.7 Å². The number of carbonyl (C=O) groups excluding carboxylic acids is 1. The molecule has 0 bridgehead atoms. The fourth-order valence-corrected chi connectivity index (χ4v) is 3.08. The molecular weight excluding hydrogens is 334 g/mol. The van der Waals surface area contributed by atoms with Crippen molar-refractivity contribution in [2.24, 2.45) is 0 Å². The zero-order chi connectivity index (χ0) is 15.2. The molecule has 0 amide bonds. The SMILES string of the molecule is COc1ccc(C(=O)CN(C)CC2CCCCO2)cc1Br. The summed E-state index contributed by atoms with van der Waals surface area (Å²) in [7, 11) is 3.58. The fourth-order valence-electron chi connectivity index (χ4n) is 2.54. The molecule has 21 heavy (non-hydrogen) atoms. The smallest absolute Gasteiger partial charge is 0.176 e. The lowest BCUT2D eigenvalue weighted by Gasteiger charge is -2.27. The van der Waals surface area contributed by atoms with Crippen LogP contribution in [0.25, 0.3) is 0 Å². The van der Waals surface area contributed by atoms with Gasteiger partial charge < -0.3 is 9.47 Å². The predicted octanol–water partition coefficient (Wildman–Crippen LogP) is 3.14. The molecular formula is C16H22BrNO3. The van der Waals surface area contributed by atoms with Crippen LogP contribution >= 0.6 is 15.9 Å². The number of ketones is 1. The molecule has 116 valence electrons. The van der Waals surface area contributed by atoms with Crippen molar-refractivity contribution in [3.63, 3.8) is 0 Å². The second-order valence-electron chi connectivity index (χ2n) is 5.46. The molecule has 0 radical (unpaired) electrons. The van der Waals surface area contributed by atoms with Crippen LogP contribution in [0.4, 0.5) is 0 Å². The monoisotopic (exact) mass is 355 g/mol. The van der Waals surface area contributed by atoms with E-state index in [0.717, 1.165) is 36.2 Å². The fraction of sp³-hybridized carbons (Fsp3) is 0.562. The van der Waals surface area contributed by atoms with Crippen LogP contribution in [0.2, 0.25) is 0 Å². The second kappa shape index (κ2) is 7.92. The third kappa shape index (κ3) is 4.80. The van der Waals surface area contributed by atoms with Crippen LogP contribution in [0.5, 0.6) is 5.75 Å². The molecule has 0 saturated carbocycles. The van der Waals surface area contributed by atoms with E-state index in [4.69, 9.17) is 9.47 Å². The molecule has 1 aliphatic rings. The number of hydrogen-bond donors (Lipinski definition) is 0. The molecule has 5 heteroatoms. The number of methoxy groups -OCH3 is 1. The minimum absolute atomic E-state index is 0.108. The Bertz CT molecular complexity index is 486. The first-order valence-electron chi connectivity index (χ1n) is 7.27. The molecule has 1 aliphatic heterocycles. The number of likely N-dealkylation sites (N-methyl/N-ethyl adjacent to an activating group) is 1. The summed E-state index contributed by atoms with van der Waals surface area (Å²) in [6, 6.07) is 5.42. The summed E-state index contributed by atoms with van der Waals surface area (Å²) < 4.78 is 11.7. The van der Waals surface area contributed by atoms with Gasteiger partial charge in [0.15, 0.2) is 5.78 Å². The van der Waals surface area contributed by atoms with E-state index in [1.165, 1.54) is 6.42 Å². The van der Waals surface area contributed by atoms with Gasteiger partial charge in [0.2, 0.25) is 0 Å². The van der Waals surface area contributed by atoms with Gasteiger partial charge in [0.1, 0.15) is 5.75 Å². The maximum Gasteiger partial charge on any atom is 0.176 e. The van der Waals surface area contributed by atoms with Gasteiger partial charge in [0, 0.05) is 18.7 Å². The van der Waals surface area contributed by atoms with Gasteiger partial charge >= 0.3 is 0 Å². The average molecular weight is 356 g/mol. The highest BCUT2D eigenvalue weighted by Gasteiger charge is 2.18. The van der Waals surface area contributed by atoms with E-state index in [0.29, 0.717) is 12.1 Å². The largest absolute Gasteiger partial charge is 0.496 e. The molecule has 1 aromatic rings. The number of rotatable bonds is 6. The van der Waals surface area contributed by atoms with Gasteiger partial charge in [-0.1, -0.05) is 0 Å². The van der Waals surface area contributed by atoms with Crippen molar-refractivity contribution in [3.05, 3.63) is 28.2 Å². The summed E-state index contributed by atoms with van der Waals surface area (Å²) in [5.41, 5.74) is 0.694. The van der Waals surface area contributed by atoms with Crippen LogP contribution in [0.1, 0.15) is 29.6 Å². The number of nitrogens with zero attached hydrogens (tertiary/aromatic N) is 1. The lowest BCUT2D eigenvalue weighted by atomic mass is 10.1.